The highest BCUT2D eigenvalue weighted by Crippen LogP contribution is 2.22. The molecule has 0 aliphatic rings. The van der Waals surface area contributed by atoms with E-state index in [-0.39, 0.29) is 5.91 Å². The van der Waals surface area contributed by atoms with E-state index >= 15 is 0 Å². The number of carbonyl (C=O) groups excluding carboxylic acids is 1. The Balaban J connectivity index is 2.92. The van der Waals surface area contributed by atoms with Crippen molar-refractivity contribution in [3.8, 4) is 0 Å². The second-order valence-electron chi connectivity index (χ2n) is 3.58. The van der Waals surface area contributed by atoms with Gasteiger partial charge in [-0.25, -0.2) is 0 Å². The molecule has 1 rings (SSSR count). The Labute approximate surface area is 98.6 Å². The molecule has 1 N–H and O–H groups in total. The van der Waals surface area contributed by atoms with Gasteiger partial charge >= 0.3 is 0 Å². The van der Waals surface area contributed by atoms with Crippen molar-refractivity contribution in [1.82, 2.24) is 0 Å². The molecule has 0 radical (unpaired) electrons. The topological polar surface area (TPSA) is 32.3 Å². The molecule has 0 saturated carbocycles. The molecule has 1 aromatic carbocycles. The maximum Gasteiger partial charge on any atom is 0.235 e. The normalized spacial score (nSPS) is 9.87. The minimum atomic E-state index is -0.0384. The summed E-state index contributed by atoms with van der Waals surface area (Å²) in [6.07, 6.45) is 0. The smallest absolute Gasteiger partial charge is 0.235 e. The van der Waals surface area contributed by atoms with Gasteiger partial charge in [0.25, 0.3) is 0 Å². The average Bonchev–Trinajstić information content (AvgIpc) is 2.20. The van der Waals surface area contributed by atoms with Gasteiger partial charge in [-0.15, -0.1) is 0 Å². The van der Waals surface area contributed by atoms with Crippen molar-refractivity contribution in [2.24, 2.45) is 0 Å². The van der Waals surface area contributed by atoms with Crippen LogP contribution in [0.5, 0.6) is 0 Å². The SMILES string of the molecule is Cc1ccc(NC(=O)CBr)cc1N(C)C. The number of carbonyl (C=O) groups is 1. The minimum Gasteiger partial charge on any atom is -0.377 e. The van der Waals surface area contributed by atoms with Crippen LogP contribution in [0.3, 0.4) is 0 Å². The predicted octanol–water partition coefficient (Wildman–Crippen LogP) is 2.39. The van der Waals surface area contributed by atoms with Gasteiger partial charge < -0.3 is 10.2 Å². The number of hydrogen-bond acceptors (Lipinski definition) is 2. The van der Waals surface area contributed by atoms with E-state index in [1.165, 1.54) is 5.56 Å². The standard InChI is InChI=1S/C11H15BrN2O/c1-8-4-5-9(13-11(15)7-12)6-10(8)14(2)3/h4-6H,7H2,1-3H3,(H,13,15). The Hall–Kier alpha value is -1.03. The number of halogens is 1. The number of nitrogens with zero attached hydrogens (tertiary/aromatic N) is 1. The fourth-order valence-electron chi connectivity index (χ4n) is 1.36. The number of rotatable bonds is 3. The monoisotopic (exact) mass is 270 g/mol. The fourth-order valence-corrected chi connectivity index (χ4v) is 1.50. The van der Waals surface area contributed by atoms with Crippen LogP contribution < -0.4 is 10.2 Å². The molecule has 4 heteroatoms. The average molecular weight is 271 g/mol. The molecule has 3 nitrogen and oxygen atoms in total. The van der Waals surface area contributed by atoms with E-state index in [1.807, 2.05) is 44.1 Å². The van der Waals surface area contributed by atoms with E-state index in [0.717, 1.165) is 11.4 Å². The van der Waals surface area contributed by atoms with Crippen LogP contribution in [0.2, 0.25) is 0 Å². The van der Waals surface area contributed by atoms with E-state index in [1.54, 1.807) is 0 Å². The highest BCUT2D eigenvalue weighted by Gasteiger charge is 2.04. The summed E-state index contributed by atoms with van der Waals surface area (Å²) in [7, 11) is 3.97. The molecule has 15 heavy (non-hydrogen) atoms. The molecule has 0 aliphatic heterocycles. The molecule has 0 bridgehead atoms. The third-order valence-corrected chi connectivity index (χ3v) is 2.61. The summed E-state index contributed by atoms with van der Waals surface area (Å²) < 4.78 is 0. The van der Waals surface area contributed by atoms with Gasteiger partial charge in [-0.05, 0) is 24.6 Å². The molecular formula is C11H15BrN2O. The number of hydrogen-bond donors (Lipinski definition) is 1. The predicted molar refractivity (Wildman–Crippen MR) is 67.9 cm³/mol. The number of aryl methyl sites for hydroxylation is 1. The van der Waals surface area contributed by atoms with Crippen LogP contribution in [0.4, 0.5) is 11.4 Å². The lowest BCUT2D eigenvalue weighted by atomic mass is 10.1. The van der Waals surface area contributed by atoms with E-state index in [0.29, 0.717) is 5.33 Å². The van der Waals surface area contributed by atoms with Gasteiger partial charge in [-0.3, -0.25) is 4.79 Å². The minimum absolute atomic E-state index is 0.0384. The molecule has 1 aromatic rings. The van der Waals surface area contributed by atoms with E-state index in [4.69, 9.17) is 0 Å². The molecule has 0 saturated heterocycles. The Morgan fingerprint density at radius 2 is 2.13 bits per heavy atom. The lowest BCUT2D eigenvalue weighted by Crippen LogP contribution is -2.14. The van der Waals surface area contributed by atoms with Crippen molar-refractivity contribution >= 4 is 33.2 Å². The molecule has 0 unspecified atom stereocenters. The maximum atomic E-state index is 11.2. The highest BCUT2D eigenvalue weighted by atomic mass is 79.9. The number of benzene rings is 1. The Kier molecular flexibility index (Phi) is 4.15. The quantitative estimate of drug-likeness (QED) is 0.856. The van der Waals surface area contributed by atoms with Gasteiger partial charge in [0.05, 0.1) is 5.33 Å². The van der Waals surface area contributed by atoms with Crippen molar-refractivity contribution < 1.29 is 4.79 Å². The van der Waals surface area contributed by atoms with E-state index < -0.39 is 0 Å². The third-order valence-electron chi connectivity index (χ3n) is 2.10. The summed E-state index contributed by atoms with van der Waals surface area (Å²) in [5.41, 5.74) is 3.13. The van der Waals surface area contributed by atoms with Gasteiger partial charge in [-0.1, -0.05) is 22.0 Å². The van der Waals surface area contributed by atoms with Gasteiger partial charge in [-0.2, -0.15) is 0 Å². The Morgan fingerprint density at radius 3 is 2.67 bits per heavy atom. The van der Waals surface area contributed by atoms with Crippen LogP contribution in [-0.4, -0.2) is 25.3 Å². The summed E-state index contributed by atoms with van der Waals surface area (Å²) in [6, 6.07) is 5.87. The van der Waals surface area contributed by atoms with Crippen LogP contribution in [0.15, 0.2) is 18.2 Å². The van der Waals surface area contributed by atoms with Gasteiger partial charge in [0, 0.05) is 25.5 Å². The fraction of sp³-hybridized carbons (Fsp3) is 0.364. The van der Waals surface area contributed by atoms with Crippen LogP contribution in [-0.2, 0) is 4.79 Å². The molecule has 0 atom stereocenters. The second-order valence-corrected chi connectivity index (χ2v) is 4.14. The first-order valence-corrected chi connectivity index (χ1v) is 5.80. The lowest BCUT2D eigenvalue weighted by molar-refractivity contribution is -0.113. The molecule has 0 aliphatic carbocycles. The van der Waals surface area contributed by atoms with Crippen molar-refractivity contribution in [2.75, 3.05) is 29.6 Å². The van der Waals surface area contributed by atoms with Crippen LogP contribution in [0.25, 0.3) is 0 Å². The molecule has 82 valence electrons. The van der Waals surface area contributed by atoms with Crippen molar-refractivity contribution in [3.05, 3.63) is 23.8 Å². The van der Waals surface area contributed by atoms with Gasteiger partial charge in [0.2, 0.25) is 5.91 Å². The zero-order valence-electron chi connectivity index (χ0n) is 9.17. The zero-order valence-corrected chi connectivity index (χ0v) is 10.8. The lowest BCUT2D eigenvalue weighted by Gasteiger charge is -2.17. The first-order chi connectivity index (χ1) is 7.04. The van der Waals surface area contributed by atoms with Gasteiger partial charge in [0.1, 0.15) is 0 Å². The second kappa shape index (κ2) is 5.16. The largest absolute Gasteiger partial charge is 0.377 e. The van der Waals surface area contributed by atoms with Crippen LogP contribution in [0, 0.1) is 6.92 Å². The first-order valence-electron chi connectivity index (χ1n) is 4.68. The van der Waals surface area contributed by atoms with Crippen LogP contribution in [0.1, 0.15) is 5.56 Å². The molecule has 0 aromatic heterocycles. The van der Waals surface area contributed by atoms with Crippen LogP contribution >= 0.6 is 15.9 Å². The number of alkyl halides is 1. The number of nitrogens with one attached hydrogen (secondary N) is 1. The summed E-state index contributed by atoms with van der Waals surface area (Å²) in [5, 5.41) is 3.12. The molecule has 1 amide bonds. The molecule has 0 heterocycles. The van der Waals surface area contributed by atoms with Crippen molar-refractivity contribution in [3.63, 3.8) is 0 Å². The highest BCUT2D eigenvalue weighted by molar-refractivity contribution is 9.09. The maximum absolute atomic E-state index is 11.2. The molecular weight excluding hydrogens is 256 g/mol. The number of anilines is 2. The first kappa shape index (κ1) is 12.0. The summed E-state index contributed by atoms with van der Waals surface area (Å²) >= 11 is 3.11. The molecule has 0 fully saturated rings. The Bertz CT molecular complexity index is 364. The zero-order chi connectivity index (χ0) is 11.4. The van der Waals surface area contributed by atoms with Crippen molar-refractivity contribution in [1.29, 1.82) is 0 Å². The molecule has 0 spiro atoms. The van der Waals surface area contributed by atoms with Crippen molar-refractivity contribution in [2.45, 2.75) is 6.92 Å². The Morgan fingerprint density at radius 1 is 1.47 bits per heavy atom. The van der Waals surface area contributed by atoms with E-state index in [2.05, 4.69) is 21.2 Å². The third kappa shape index (κ3) is 3.23. The summed E-state index contributed by atoms with van der Waals surface area (Å²) in [6.45, 7) is 2.05. The summed E-state index contributed by atoms with van der Waals surface area (Å²) in [4.78, 5) is 13.2. The van der Waals surface area contributed by atoms with E-state index in [9.17, 15) is 4.79 Å². The van der Waals surface area contributed by atoms with Gasteiger partial charge in [0.15, 0.2) is 0 Å². The summed E-state index contributed by atoms with van der Waals surface area (Å²) in [5.74, 6) is -0.0384. The number of amides is 1.